The topological polar surface area (TPSA) is 57.5 Å². The average molecular weight is 357 g/mol. The number of hydrogen-bond acceptors (Lipinski definition) is 5. The maximum atomic E-state index is 6.26. The van der Waals surface area contributed by atoms with E-state index in [-0.39, 0.29) is 12.2 Å². The zero-order valence-corrected chi connectivity index (χ0v) is 16.4. The molecule has 0 radical (unpaired) electrons. The Labute approximate surface area is 156 Å². The highest BCUT2D eigenvalue weighted by atomic mass is 16.7. The van der Waals surface area contributed by atoms with Crippen LogP contribution in [0.25, 0.3) is 5.69 Å². The smallest absolute Gasteiger partial charge is 0.497 e. The van der Waals surface area contributed by atoms with Gasteiger partial charge in [-0.15, -0.1) is 0 Å². The molecule has 26 heavy (non-hydrogen) atoms. The Kier molecular flexibility index (Phi) is 5.58. The number of methoxy groups -OCH3 is 1. The molecule has 7 heteroatoms. The largest absolute Gasteiger partial charge is 0.498 e. The first-order chi connectivity index (χ1) is 12.4. The van der Waals surface area contributed by atoms with Gasteiger partial charge in [-0.05, 0) is 17.9 Å². The first kappa shape index (κ1) is 18.8. The zero-order chi connectivity index (χ0) is 18.8. The van der Waals surface area contributed by atoms with Gasteiger partial charge in [0.05, 0.1) is 25.0 Å². The molecule has 0 saturated carbocycles. The number of anilines is 1. The molecule has 0 spiro atoms. The summed E-state index contributed by atoms with van der Waals surface area (Å²) in [4.78, 5) is 0. The molecule has 3 rings (SSSR count). The van der Waals surface area contributed by atoms with Crippen LogP contribution in [0.15, 0.2) is 30.5 Å². The highest BCUT2D eigenvalue weighted by molar-refractivity contribution is 6.63. The first-order valence-corrected chi connectivity index (χ1v) is 9.17. The molecule has 0 bridgehead atoms. The van der Waals surface area contributed by atoms with Crippen molar-refractivity contribution in [1.29, 1.82) is 0 Å². The van der Waals surface area contributed by atoms with Gasteiger partial charge in [-0.3, -0.25) is 0 Å². The molecular formula is C19H28BN3O3. The molecule has 1 aliphatic rings. The van der Waals surface area contributed by atoms with Crippen LogP contribution in [-0.2, 0) is 9.31 Å². The fourth-order valence-corrected chi connectivity index (χ4v) is 3.33. The van der Waals surface area contributed by atoms with Crippen molar-refractivity contribution in [3.63, 3.8) is 0 Å². The van der Waals surface area contributed by atoms with Crippen molar-refractivity contribution >= 4 is 18.4 Å². The minimum atomic E-state index is -0.413. The van der Waals surface area contributed by atoms with Crippen LogP contribution in [0.3, 0.4) is 0 Å². The molecule has 1 N–H and O–H groups in total. The second kappa shape index (κ2) is 7.72. The van der Waals surface area contributed by atoms with Crippen molar-refractivity contribution < 1.29 is 14.0 Å². The lowest BCUT2D eigenvalue weighted by atomic mass is 9.78. The van der Waals surface area contributed by atoms with Gasteiger partial charge in [0, 0.05) is 30.8 Å². The normalized spacial score (nSPS) is 20.2. The molecule has 1 aromatic carbocycles. The Morgan fingerprint density at radius 2 is 1.77 bits per heavy atom. The van der Waals surface area contributed by atoms with Crippen LogP contribution in [-0.4, -0.2) is 43.3 Å². The van der Waals surface area contributed by atoms with Crippen molar-refractivity contribution in [3.8, 4) is 11.4 Å². The van der Waals surface area contributed by atoms with E-state index in [1.54, 1.807) is 7.11 Å². The number of benzene rings is 1. The van der Waals surface area contributed by atoms with E-state index in [4.69, 9.17) is 14.0 Å². The van der Waals surface area contributed by atoms with Crippen molar-refractivity contribution in [1.82, 2.24) is 9.78 Å². The summed E-state index contributed by atoms with van der Waals surface area (Å²) >= 11 is 0. The van der Waals surface area contributed by atoms with E-state index in [0.29, 0.717) is 11.8 Å². The number of hydrogen-bond donors (Lipinski definition) is 1. The van der Waals surface area contributed by atoms with Crippen molar-refractivity contribution in [2.45, 2.75) is 39.9 Å². The lowest BCUT2D eigenvalue weighted by molar-refractivity contribution is 0.0815. The van der Waals surface area contributed by atoms with Gasteiger partial charge in [-0.1, -0.05) is 33.8 Å². The zero-order valence-electron chi connectivity index (χ0n) is 16.4. The lowest BCUT2D eigenvalue weighted by Gasteiger charge is -2.24. The highest BCUT2D eigenvalue weighted by Crippen LogP contribution is 2.29. The second-order valence-electron chi connectivity index (χ2n) is 7.34. The van der Waals surface area contributed by atoms with E-state index < -0.39 is 7.12 Å². The lowest BCUT2D eigenvalue weighted by Crippen LogP contribution is -2.34. The summed E-state index contributed by atoms with van der Waals surface area (Å²) < 4.78 is 20.0. The summed E-state index contributed by atoms with van der Waals surface area (Å²) in [6, 6.07) is 7.88. The summed E-state index contributed by atoms with van der Waals surface area (Å²) in [5, 5.41) is 7.49. The summed E-state index contributed by atoms with van der Waals surface area (Å²) in [6.45, 7) is 8.68. The van der Waals surface area contributed by atoms with Crippen molar-refractivity contribution in [2.24, 2.45) is 11.8 Å². The molecule has 0 aliphatic carbocycles. The Balaban J connectivity index is 1.88. The standard InChI is InChI=1S/C19H28BN3O3/c1-12(2)18-19(13(3)4)26-20(25-18)15-8-7-14(11-16(15)24-6)23-10-9-17(21-5)22-23/h7-13,18-19H,1-6H3,(H,21,22). The second-order valence-corrected chi connectivity index (χ2v) is 7.34. The third kappa shape index (κ3) is 3.59. The highest BCUT2D eigenvalue weighted by Gasteiger charge is 2.44. The summed E-state index contributed by atoms with van der Waals surface area (Å²) in [7, 11) is 3.10. The molecule has 0 amide bonds. The number of aromatic nitrogens is 2. The molecular weight excluding hydrogens is 329 g/mol. The van der Waals surface area contributed by atoms with E-state index in [9.17, 15) is 0 Å². The Bertz CT molecular complexity index is 731. The van der Waals surface area contributed by atoms with Gasteiger partial charge in [-0.2, -0.15) is 5.10 Å². The van der Waals surface area contributed by atoms with Crippen LogP contribution >= 0.6 is 0 Å². The monoisotopic (exact) mass is 357 g/mol. The summed E-state index contributed by atoms with van der Waals surface area (Å²) in [6.07, 6.45) is 2.06. The number of ether oxygens (including phenoxy) is 1. The van der Waals surface area contributed by atoms with Crippen LogP contribution in [0, 0.1) is 11.8 Å². The van der Waals surface area contributed by atoms with Gasteiger partial charge in [0.2, 0.25) is 0 Å². The van der Waals surface area contributed by atoms with Crippen LogP contribution in [0.4, 0.5) is 5.82 Å². The van der Waals surface area contributed by atoms with Crippen molar-refractivity contribution in [2.75, 3.05) is 19.5 Å². The van der Waals surface area contributed by atoms with Gasteiger partial charge in [-0.25, -0.2) is 4.68 Å². The van der Waals surface area contributed by atoms with Gasteiger partial charge in [0.1, 0.15) is 11.6 Å². The predicted molar refractivity (Wildman–Crippen MR) is 104 cm³/mol. The Morgan fingerprint density at radius 1 is 1.12 bits per heavy atom. The minimum absolute atomic E-state index is 0.0775. The average Bonchev–Trinajstić information content (AvgIpc) is 3.28. The fourth-order valence-electron chi connectivity index (χ4n) is 3.33. The Hall–Kier alpha value is -1.99. The van der Waals surface area contributed by atoms with Gasteiger partial charge in [0.25, 0.3) is 0 Å². The number of nitrogens with zero attached hydrogens (tertiary/aromatic N) is 2. The quantitative estimate of drug-likeness (QED) is 0.806. The van der Waals surface area contributed by atoms with E-state index >= 15 is 0 Å². The van der Waals surface area contributed by atoms with E-state index in [1.807, 2.05) is 42.2 Å². The molecule has 2 heterocycles. The van der Waals surface area contributed by atoms with E-state index in [1.165, 1.54) is 0 Å². The predicted octanol–water partition coefficient (Wildman–Crippen LogP) is 2.71. The molecule has 1 aromatic heterocycles. The molecule has 1 aliphatic heterocycles. The van der Waals surface area contributed by atoms with Crippen molar-refractivity contribution in [3.05, 3.63) is 30.5 Å². The van der Waals surface area contributed by atoms with Gasteiger partial charge < -0.3 is 19.4 Å². The van der Waals surface area contributed by atoms with Crippen LogP contribution in [0.2, 0.25) is 0 Å². The van der Waals surface area contributed by atoms with Crippen LogP contribution in [0.5, 0.6) is 5.75 Å². The van der Waals surface area contributed by atoms with Crippen LogP contribution < -0.4 is 15.5 Å². The van der Waals surface area contributed by atoms with E-state index in [2.05, 4.69) is 38.1 Å². The maximum Gasteiger partial charge on any atom is 0.498 e. The fraction of sp³-hybridized carbons (Fsp3) is 0.526. The number of nitrogens with one attached hydrogen (secondary N) is 1. The third-order valence-electron chi connectivity index (χ3n) is 4.78. The van der Waals surface area contributed by atoms with Gasteiger partial charge in [0.15, 0.2) is 0 Å². The van der Waals surface area contributed by atoms with Crippen LogP contribution in [0.1, 0.15) is 27.7 Å². The Morgan fingerprint density at radius 3 is 2.27 bits per heavy atom. The maximum absolute atomic E-state index is 6.26. The SMILES string of the molecule is CNc1ccn(-c2ccc(B3OC(C(C)C)C(C(C)C)O3)c(OC)c2)n1. The number of rotatable bonds is 6. The summed E-state index contributed by atoms with van der Waals surface area (Å²) in [5.74, 6) is 2.33. The molecule has 6 nitrogen and oxygen atoms in total. The molecule has 2 atom stereocenters. The molecule has 2 aromatic rings. The molecule has 1 fully saturated rings. The third-order valence-corrected chi connectivity index (χ3v) is 4.78. The minimum Gasteiger partial charge on any atom is -0.497 e. The molecule has 2 unspecified atom stereocenters. The summed E-state index contributed by atoms with van der Waals surface area (Å²) in [5.41, 5.74) is 1.83. The van der Waals surface area contributed by atoms with E-state index in [0.717, 1.165) is 22.7 Å². The molecule has 1 saturated heterocycles. The van der Waals surface area contributed by atoms with Gasteiger partial charge >= 0.3 is 7.12 Å². The molecule has 140 valence electrons. The first-order valence-electron chi connectivity index (χ1n) is 9.17.